The molecule has 1 aromatic carbocycles. The lowest BCUT2D eigenvalue weighted by molar-refractivity contribution is -0.125. The van der Waals surface area contributed by atoms with E-state index >= 15 is 0 Å². The number of benzene rings is 1. The number of rotatable bonds is 3. The quantitative estimate of drug-likeness (QED) is 0.826. The first-order chi connectivity index (χ1) is 11.8. The standard InChI is InChI=1S/C16H20Cl2N4O3/c1-10(14(23)20-16(25)19-2)21-5-7-22(8-6-21)15(24)12-4-3-11(17)9-13(12)18/h3-4,9-10H,5-8H2,1-2H3,(H2,19,20,23,25). The number of halogens is 2. The van der Waals surface area contributed by atoms with Crippen molar-refractivity contribution >= 4 is 41.0 Å². The number of nitrogens with zero attached hydrogens (tertiary/aromatic N) is 2. The zero-order chi connectivity index (χ0) is 18.6. The molecule has 0 radical (unpaired) electrons. The highest BCUT2D eigenvalue weighted by atomic mass is 35.5. The fourth-order valence-corrected chi connectivity index (χ4v) is 3.08. The summed E-state index contributed by atoms with van der Waals surface area (Å²) in [6.45, 7) is 3.72. The minimum atomic E-state index is -0.539. The minimum absolute atomic E-state index is 0.163. The summed E-state index contributed by atoms with van der Waals surface area (Å²) in [7, 11) is 1.44. The Hall–Kier alpha value is -1.83. The predicted molar refractivity (Wildman–Crippen MR) is 96.0 cm³/mol. The highest BCUT2D eigenvalue weighted by Crippen LogP contribution is 2.23. The average Bonchev–Trinajstić information content (AvgIpc) is 2.60. The van der Waals surface area contributed by atoms with Crippen molar-refractivity contribution in [2.24, 2.45) is 0 Å². The summed E-state index contributed by atoms with van der Waals surface area (Å²) < 4.78 is 0. The van der Waals surface area contributed by atoms with Crippen molar-refractivity contribution in [2.45, 2.75) is 13.0 Å². The van der Waals surface area contributed by atoms with Gasteiger partial charge in [-0.15, -0.1) is 0 Å². The molecular formula is C16H20Cl2N4O3. The summed E-state index contributed by atoms with van der Waals surface area (Å²) in [4.78, 5) is 39.4. The van der Waals surface area contributed by atoms with E-state index in [1.54, 1.807) is 24.0 Å². The smallest absolute Gasteiger partial charge is 0.321 e. The van der Waals surface area contributed by atoms with Gasteiger partial charge in [-0.05, 0) is 25.1 Å². The molecule has 0 aromatic heterocycles. The molecule has 7 nitrogen and oxygen atoms in total. The number of carbonyl (C=O) groups is 3. The number of amides is 4. The van der Waals surface area contributed by atoms with Gasteiger partial charge in [0.15, 0.2) is 0 Å². The number of imide groups is 1. The van der Waals surface area contributed by atoms with Crippen LogP contribution in [0.5, 0.6) is 0 Å². The van der Waals surface area contributed by atoms with E-state index in [-0.39, 0.29) is 11.8 Å². The van der Waals surface area contributed by atoms with Gasteiger partial charge in [0.1, 0.15) is 0 Å². The molecule has 1 aliphatic rings. The van der Waals surface area contributed by atoms with E-state index in [1.807, 2.05) is 4.90 Å². The van der Waals surface area contributed by atoms with Gasteiger partial charge >= 0.3 is 6.03 Å². The lowest BCUT2D eigenvalue weighted by Crippen LogP contribution is -2.56. The average molecular weight is 387 g/mol. The van der Waals surface area contributed by atoms with Crippen molar-refractivity contribution in [1.82, 2.24) is 20.4 Å². The van der Waals surface area contributed by atoms with Crippen LogP contribution < -0.4 is 10.6 Å². The topological polar surface area (TPSA) is 81.8 Å². The van der Waals surface area contributed by atoms with E-state index in [0.717, 1.165) is 0 Å². The summed E-state index contributed by atoms with van der Waals surface area (Å²) in [6.07, 6.45) is 0. The van der Waals surface area contributed by atoms with Gasteiger partial charge in [-0.1, -0.05) is 23.2 Å². The van der Waals surface area contributed by atoms with Crippen LogP contribution in [0.2, 0.25) is 10.0 Å². The molecule has 25 heavy (non-hydrogen) atoms. The Kier molecular flexibility index (Phi) is 6.64. The third kappa shape index (κ3) is 4.84. The van der Waals surface area contributed by atoms with Crippen molar-refractivity contribution in [3.05, 3.63) is 33.8 Å². The molecule has 4 amide bonds. The van der Waals surface area contributed by atoms with Crippen molar-refractivity contribution in [3.8, 4) is 0 Å². The molecule has 1 unspecified atom stereocenters. The van der Waals surface area contributed by atoms with Crippen molar-refractivity contribution in [1.29, 1.82) is 0 Å². The highest BCUT2D eigenvalue weighted by Gasteiger charge is 2.29. The van der Waals surface area contributed by atoms with Gasteiger partial charge in [0.2, 0.25) is 5.91 Å². The Morgan fingerprint density at radius 1 is 1.12 bits per heavy atom. The maximum Gasteiger partial charge on any atom is 0.321 e. The molecule has 1 aliphatic heterocycles. The van der Waals surface area contributed by atoms with E-state index in [4.69, 9.17) is 23.2 Å². The second-order valence-electron chi connectivity index (χ2n) is 5.70. The molecular weight excluding hydrogens is 367 g/mol. The van der Waals surface area contributed by atoms with Gasteiger partial charge in [0, 0.05) is 38.2 Å². The van der Waals surface area contributed by atoms with Gasteiger partial charge in [0.05, 0.1) is 16.6 Å². The maximum absolute atomic E-state index is 12.6. The number of hydrogen-bond donors (Lipinski definition) is 2. The predicted octanol–water partition coefficient (Wildman–Crippen LogP) is 1.60. The molecule has 1 saturated heterocycles. The second-order valence-corrected chi connectivity index (χ2v) is 6.54. The van der Waals surface area contributed by atoms with Crippen LogP contribution in [-0.4, -0.2) is 66.9 Å². The number of nitrogens with one attached hydrogen (secondary N) is 2. The Morgan fingerprint density at radius 2 is 1.76 bits per heavy atom. The fraction of sp³-hybridized carbons (Fsp3) is 0.438. The van der Waals surface area contributed by atoms with Crippen LogP contribution in [-0.2, 0) is 4.79 Å². The summed E-state index contributed by atoms with van der Waals surface area (Å²) in [5, 5.41) is 5.39. The summed E-state index contributed by atoms with van der Waals surface area (Å²) in [6, 6.07) is 3.77. The van der Waals surface area contributed by atoms with Crippen LogP contribution in [0.1, 0.15) is 17.3 Å². The lowest BCUT2D eigenvalue weighted by atomic mass is 10.1. The number of carbonyl (C=O) groups excluding carboxylic acids is 3. The monoisotopic (exact) mass is 386 g/mol. The van der Waals surface area contributed by atoms with E-state index < -0.39 is 12.1 Å². The zero-order valence-corrected chi connectivity index (χ0v) is 15.5. The molecule has 9 heteroatoms. The van der Waals surface area contributed by atoms with Gasteiger partial charge in [-0.25, -0.2) is 4.79 Å². The normalized spacial score (nSPS) is 16.2. The van der Waals surface area contributed by atoms with E-state index in [2.05, 4.69) is 10.6 Å². The largest absolute Gasteiger partial charge is 0.341 e. The molecule has 0 spiro atoms. The van der Waals surface area contributed by atoms with Crippen molar-refractivity contribution in [3.63, 3.8) is 0 Å². The Labute approximate surface area is 156 Å². The van der Waals surface area contributed by atoms with Crippen molar-refractivity contribution < 1.29 is 14.4 Å². The highest BCUT2D eigenvalue weighted by molar-refractivity contribution is 6.36. The number of urea groups is 1. The van der Waals surface area contributed by atoms with Gasteiger partial charge in [-0.3, -0.25) is 19.8 Å². The number of hydrogen-bond acceptors (Lipinski definition) is 4. The van der Waals surface area contributed by atoms with Crippen LogP contribution in [0.25, 0.3) is 0 Å². The second kappa shape index (κ2) is 8.51. The molecule has 1 fully saturated rings. The Balaban J connectivity index is 1.93. The first kappa shape index (κ1) is 19.5. The third-order valence-electron chi connectivity index (χ3n) is 4.15. The fourth-order valence-electron chi connectivity index (χ4n) is 2.59. The van der Waals surface area contributed by atoms with Gasteiger partial charge in [-0.2, -0.15) is 0 Å². The van der Waals surface area contributed by atoms with Crippen LogP contribution in [0.3, 0.4) is 0 Å². The molecule has 2 rings (SSSR count). The molecule has 1 atom stereocenters. The Morgan fingerprint density at radius 3 is 2.32 bits per heavy atom. The first-order valence-corrected chi connectivity index (χ1v) is 8.60. The molecule has 136 valence electrons. The van der Waals surface area contributed by atoms with E-state index in [0.29, 0.717) is 41.8 Å². The minimum Gasteiger partial charge on any atom is -0.341 e. The van der Waals surface area contributed by atoms with Crippen LogP contribution in [0, 0.1) is 0 Å². The van der Waals surface area contributed by atoms with Crippen molar-refractivity contribution in [2.75, 3.05) is 33.2 Å². The van der Waals surface area contributed by atoms with Gasteiger partial charge < -0.3 is 10.2 Å². The number of piperazine rings is 1. The molecule has 2 N–H and O–H groups in total. The molecule has 0 bridgehead atoms. The van der Waals surface area contributed by atoms with Crippen LogP contribution in [0.4, 0.5) is 4.79 Å². The molecule has 1 aromatic rings. The van der Waals surface area contributed by atoms with Crippen LogP contribution in [0.15, 0.2) is 18.2 Å². The lowest BCUT2D eigenvalue weighted by Gasteiger charge is -2.37. The molecule has 0 saturated carbocycles. The van der Waals surface area contributed by atoms with Crippen LogP contribution >= 0.6 is 23.2 Å². The van der Waals surface area contributed by atoms with Gasteiger partial charge in [0.25, 0.3) is 5.91 Å². The zero-order valence-electron chi connectivity index (χ0n) is 14.0. The summed E-state index contributed by atoms with van der Waals surface area (Å²) in [5.74, 6) is -0.538. The van der Waals surface area contributed by atoms with E-state index in [1.165, 1.54) is 13.1 Å². The first-order valence-electron chi connectivity index (χ1n) is 7.84. The third-order valence-corrected chi connectivity index (χ3v) is 4.70. The summed E-state index contributed by atoms with van der Waals surface area (Å²) in [5.41, 5.74) is 0.407. The maximum atomic E-state index is 12.6. The summed E-state index contributed by atoms with van der Waals surface area (Å²) >= 11 is 11.9. The Bertz CT molecular complexity index is 675. The molecule has 0 aliphatic carbocycles. The SMILES string of the molecule is CNC(=O)NC(=O)C(C)N1CCN(C(=O)c2ccc(Cl)cc2Cl)CC1. The molecule has 1 heterocycles. The van der Waals surface area contributed by atoms with E-state index in [9.17, 15) is 14.4 Å².